The largest absolute Gasteiger partial charge is 0.394 e. The number of halogens is 2. The van der Waals surface area contributed by atoms with Gasteiger partial charge in [-0.15, -0.1) is 5.10 Å². The molecule has 3 heterocycles. The summed E-state index contributed by atoms with van der Waals surface area (Å²) in [5.41, 5.74) is 0.604. The summed E-state index contributed by atoms with van der Waals surface area (Å²) in [4.78, 5) is 12.5. The smallest absolute Gasteiger partial charge is 0.350 e. The number of aliphatic hydroxyl groups excluding tert-OH is 4. The minimum Gasteiger partial charge on any atom is -0.394 e. The first-order valence-electron chi connectivity index (χ1n) is 9.13. The maximum Gasteiger partial charge on any atom is 0.350 e. The van der Waals surface area contributed by atoms with Crippen LogP contribution in [0, 0.1) is 5.82 Å². The van der Waals surface area contributed by atoms with E-state index in [0.717, 1.165) is 15.3 Å². The lowest BCUT2D eigenvalue weighted by Gasteiger charge is -2.40. The summed E-state index contributed by atoms with van der Waals surface area (Å²) in [7, 11) is 0. The van der Waals surface area contributed by atoms with Crippen LogP contribution in [-0.2, 0) is 11.3 Å². The molecule has 4 rings (SSSR count). The molecule has 0 spiro atoms. The number of hydrogen-bond donors (Lipinski definition) is 4. The van der Waals surface area contributed by atoms with E-state index in [0.29, 0.717) is 16.1 Å². The van der Waals surface area contributed by atoms with Gasteiger partial charge in [-0.2, -0.15) is 0 Å². The number of aromatic nitrogens is 3. The molecule has 0 saturated carbocycles. The zero-order valence-electron chi connectivity index (χ0n) is 15.5. The van der Waals surface area contributed by atoms with Gasteiger partial charge in [0.2, 0.25) is 0 Å². The van der Waals surface area contributed by atoms with Gasteiger partial charge < -0.3 is 25.2 Å². The third kappa shape index (κ3) is 3.62. The Morgan fingerprint density at radius 1 is 1.13 bits per heavy atom. The molecule has 1 fully saturated rings. The van der Waals surface area contributed by atoms with Crippen molar-refractivity contribution in [3.05, 3.63) is 69.0 Å². The van der Waals surface area contributed by atoms with E-state index in [1.807, 2.05) is 0 Å². The monoisotopic (exact) mass is 439 g/mol. The molecule has 0 unspecified atom stereocenters. The van der Waals surface area contributed by atoms with Gasteiger partial charge in [-0.3, -0.25) is 0 Å². The highest BCUT2D eigenvalue weighted by atomic mass is 35.5. The van der Waals surface area contributed by atoms with Crippen LogP contribution in [-0.4, -0.2) is 65.6 Å². The average Bonchev–Trinajstić information content (AvgIpc) is 3.03. The molecule has 1 saturated heterocycles. The molecule has 0 radical (unpaired) electrons. The van der Waals surface area contributed by atoms with Crippen molar-refractivity contribution < 1.29 is 29.6 Å². The third-order valence-corrected chi connectivity index (χ3v) is 5.52. The molecular weight excluding hydrogens is 421 g/mol. The summed E-state index contributed by atoms with van der Waals surface area (Å²) < 4.78 is 21.2. The van der Waals surface area contributed by atoms with Crippen molar-refractivity contribution >= 4 is 17.2 Å². The van der Waals surface area contributed by atoms with E-state index >= 15 is 0 Å². The van der Waals surface area contributed by atoms with E-state index in [2.05, 4.69) is 5.10 Å². The summed E-state index contributed by atoms with van der Waals surface area (Å²) in [5.74, 6) is -0.577. The third-order valence-electron chi connectivity index (χ3n) is 5.15. The summed E-state index contributed by atoms with van der Waals surface area (Å²) in [6, 6.07) is 7.25. The molecular formula is C19H19ClFN3O6. The summed E-state index contributed by atoms with van der Waals surface area (Å²) in [6.45, 7) is -0.582. The second-order valence-corrected chi connectivity index (χ2v) is 7.52. The Kier molecular flexibility index (Phi) is 5.62. The van der Waals surface area contributed by atoms with Gasteiger partial charge in [-0.25, -0.2) is 18.3 Å². The highest BCUT2D eigenvalue weighted by Crippen LogP contribution is 2.34. The second kappa shape index (κ2) is 8.06. The van der Waals surface area contributed by atoms with Crippen molar-refractivity contribution in [3.8, 4) is 0 Å². The van der Waals surface area contributed by atoms with Gasteiger partial charge >= 0.3 is 5.69 Å². The minimum atomic E-state index is -1.52. The first kappa shape index (κ1) is 20.9. The first-order chi connectivity index (χ1) is 14.3. The van der Waals surface area contributed by atoms with Gasteiger partial charge in [0.25, 0.3) is 0 Å². The molecule has 0 bridgehead atoms. The van der Waals surface area contributed by atoms with Crippen LogP contribution < -0.4 is 5.69 Å². The molecule has 2 aromatic heterocycles. The van der Waals surface area contributed by atoms with E-state index in [4.69, 9.17) is 16.3 Å². The second-order valence-electron chi connectivity index (χ2n) is 7.12. The van der Waals surface area contributed by atoms with Crippen molar-refractivity contribution in [3.63, 3.8) is 0 Å². The highest BCUT2D eigenvalue weighted by molar-refractivity contribution is 6.31. The van der Waals surface area contributed by atoms with Crippen molar-refractivity contribution in [1.29, 1.82) is 0 Å². The standard InChI is InChI=1S/C19H19ClFN3O6/c20-12-3-1-9(18-17(28)16(27)15(26)13(8-25)30-18)5-10(12)6-24-19(29)23-7-11(21)2-4-14(23)22-24/h1-5,7,13,15-18,25-28H,6,8H2/t13-,15-,16+,17+,18+/m1/s1. The van der Waals surface area contributed by atoms with Crippen LogP contribution in [0.5, 0.6) is 0 Å². The Hall–Kier alpha value is -2.34. The predicted molar refractivity (Wildman–Crippen MR) is 103 cm³/mol. The van der Waals surface area contributed by atoms with Crippen molar-refractivity contribution in [2.45, 2.75) is 37.1 Å². The fraction of sp³-hybridized carbons (Fsp3) is 0.368. The zero-order valence-corrected chi connectivity index (χ0v) is 16.2. The number of rotatable bonds is 4. The number of pyridine rings is 1. The molecule has 160 valence electrons. The van der Waals surface area contributed by atoms with Gasteiger partial charge in [-0.1, -0.05) is 17.7 Å². The van der Waals surface area contributed by atoms with Gasteiger partial charge in [0.1, 0.15) is 36.3 Å². The average molecular weight is 440 g/mol. The molecule has 30 heavy (non-hydrogen) atoms. The SMILES string of the molecule is O=c1n(Cc2cc([C@@H]3O[C@H](CO)[C@@H](O)[C@H](O)[C@@H]3O)ccc2Cl)nc2ccc(F)cn12. The van der Waals surface area contributed by atoms with Crippen LogP contribution in [0.4, 0.5) is 4.39 Å². The normalized spacial score (nSPS) is 26.9. The summed E-state index contributed by atoms with van der Waals surface area (Å²) in [6.07, 6.45) is -5.49. The molecule has 0 aliphatic carbocycles. The number of aliphatic hydroxyl groups is 4. The molecule has 5 atom stereocenters. The Balaban J connectivity index is 1.67. The summed E-state index contributed by atoms with van der Waals surface area (Å²) >= 11 is 6.26. The minimum absolute atomic E-state index is 0.0355. The lowest BCUT2D eigenvalue weighted by molar-refractivity contribution is -0.231. The molecule has 4 N–H and O–H groups in total. The Labute approximate surface area is 174 Å². The Morgan fingerprint density at radius 2 is 1.90 bits per heavy atom. The van der Waals surface area contributed by atoms with Gasteiger partial charge in [0.05, 0.1) is 19.3 Å². The number of hydrogen-bond acceptors (Lipinski definition) is 7. The fourth-order valence-corrected chi connectivity index (χ4v) is 3.70. The van der Waals surface area contributed by atoms with Crippen molar-refractivity contribution in [1.82, 2.24) is 14.2 Å². The van der Waals surface area contributed by atoms with Crippen LogP contribution in [0.15, 0.2) is 41.3 Å². The number of ether oxygens (including phenoxy) is 1. The predicted octanol–water partition coefficient (Wildman–Crippen LogP) is -0.148. The van der Waals surface area contributed by atoms with Gasteiger partial charge in [0, 0.05) is 5.02 Å². The van der Waals surface area contributed by atoms with E-state index in [1.165, 1.54) is 18.2 Å². The maximum absolute atomic E-state index is 13.4. The number of nitrogens with zero attached hydrogens (tertiary/aromatic N) is 3. The lowest BCUT2D eigenvalue weighted by Crippen LogP contribution is -2.55. The topological polar surface area (TPSA) is 129 Å². The fourth-order valence-electron chi connectivity index (χ4n) is 3.53. The molecule has 9 nitrogen and oxygen atoms in total. The lowest BCUT2D eigenvalue weighted by atomic mass is 9.90. The molecule has 0 amide bonds. The van der Waals surface area contributed by atoms with Crippen LogP contribution in [0.3, 0.4) is 0 Å². The summed E-state index contributed by atoms with van der Waals surface area (Å²) in [5, 5.41) is 44.1. The van der Waals surface area contributed by atoms with Crippen molar-refractivity contribution in [2.75, 3.05) is 6.61 Å². The first-order valence-corrected chi connectivity index (χ1v) is 9.51. The van der Waals surface area contributed by atoms with E-state index in [1.54, 1.807) is 12.1 Å². The number of fused-ring (bicyclic) bond motifs is 1. The molecule has 1 aliphatic heterocycles. The van der Waals surface area contributed by atoms with Gasteiger partial charge in [0.15, 0.2) is 5.65 Å². The molecule has 1 aliphatic rings. The maximum atomic E-state index is 13.4. The van der Waals surface area contributed by atoms with Crippen molar-refractivity contribution in [2.24, 2.45) is 0 Å². The van der Waals surface area contributed by atoms with E-state index in [-0.39, 0.29) is 12.2 Å². The van der Waals surface area contributed by atoms with E-state index < -0.39 is 48.6 Å². The Morgan fingerprint density at radius 3 is 2.63 bits per heavy atom. The van der Waals surface area contributed by atoms with Gasteiger partial charge in [-0.05, 0) is 35.4 Å². The van der Waals surface area contributed by atoms with Crippen LogP contribution in [0.2, 0.25) is 5.02 Å². The highest BCUT2D eigenvalue weighted by Gasteiger charge is 2.44. The van der Waals surface area contributed by atoms with Crippen LogP contribution in [0.1, 0.15) is 17.2 Å². The Bertz CT molecular complexity index is 1130. The quantitative estimate of drug-likeness (QED) is 0.445. The molecule has 11 heteroatoms. The molecule has 1 aromatic carbocycles. The van der Waals surface area contributed by atoms with E-state index in [9.17, 15) is 29.6 Å². The zero-order chi connectivity index (χ0) is 21.6. The molecule has 3 aromatic rings. The number of benzene rings is 1. The van der Waals surface area contributed by atoms with Crippen LogP contribution >= 0.6 is 11.6 Å². The van der Waals surface area contributed by atoms with Crippen LogP contribution in [0.25, 0.3) is 5.65 Å².